The summed E-state index contributed by atoms with van der Waals surface area (Å²) in [5.41, 5.74) is 1.80. The van der Waals surface area contributed by atoms with Crippen molar-refractivity contribution in [2.75, 3.05) is 0 Å². The molecule has 0 fully saturated rings. The van der Waals surface area contributed by atoms with Crippen LogP contribution in [0, 0.1) is 0 Å². The molecule has 0 saturated heterocycles. The van der Waals surface area contributed by atoms with Gasteiger partial charge in [-0.15, -0.1) is 0 Å². The van der Waals surface area contributed by atoms with Crippen molar-refractivity contribution in [2.45, 2.75) is 13.8 Å². The summed E-state index contributed by atoms with van der Waals surface area (Å²) >= 11 is 5.83. The van der Waals surface area contributed by atoms with E-state index in [0.29, 0.717) is 5.03 Å². The molecule has 1 aromatic rings. The van der Waals surface area contributed by atoms with Gasteiger partial charge in [-0.1, -0.05) is 24.3 Å². The minimum atomic E-state index is 0.663. The standard InChI is InChI=1S/C10H11ClO/c1-4-7(2)9-5-6-12-10(9)8(3)11/h4-6H,1H2,2-3H3/b9-7-,10-8-. The first-order valence-corrected chi connectivity index (χ1v) is 4.08. The second-order valence-corrected chi connectivity index (χ2v) is 3.15. The molecule has 64 valence electrons. The number of halogens is 1. The van der Waals surface area contributed by atoms with E-state index in [1.807, 2.05) is 13.0 Å². The Bertz CT molecular complexity index is 394. The van der Waals surface area contributed by atoms with Crippen molar-refractivity contribution in [2.24, 2.45) is 0 Å². The predicted octanol–water partition coefficient (Wildman–Crippen LogP) is 2.00. The van der Waals surface area contributed by atoms with Crippen molar-refractivity contribution in [1.82, 2.24) is 0 Å². The van der Waals surface area contributed by atoms with E-state index in [1.165, 1.54) is 0 Å². The molecule has 12 heavy (non-hydrogen) atoms. The lowest BCUT2D eigenvalue weighted by atomic mass is 10.2. The predicted molar refractivity (Wildman–Crippen MR) is 52.2 cm³/mol. The van der Waals surface area contributed by atoms with Crippen LogP contribution in [0.3, 0.4) is 0 Å². The second-order valence-electron chi connectivity index (χ2n) is 2.58. The van der Waals surface area contributed by atoms with Gasteiger partial charge >= 0.3 is 0 Å². The highest BCUT2D eigenvalue weighted by Crippen LogP contribution is 1.95. The third kappa shape index (κ3) is 1.62. The molecule has 0 spiro atoms. The summed E-state index contributed by atoms with van der Waals surface area (Å²) in [5.74, 6) is 0. The van der Waals surface area contributed by atoms with Gasteiger partial charge in [-0.05, 0) is 25.5 Å². The molecule has 0 radical (unpaired) electrons. The number of hydrogen-bond donors (Lipinski definition) is 0. The van der Waals surface area contributed by atoms with Crippen LogP contribution in [-0.4, -0.2) is 0 Å². The minimum absolute atomic E-state index is 0.663. The molecule has 0 aliphatic rings. The molecule has 0 atom stereocenters. The summed E-state index contributed by atoms with van der Waals surface area (Å²) < 4.78 is 5.21. The average Bonchev–Trinajstić information content (AvgIpc) is 2.50. The molecule has 0 saturated carbocycles. The Kier molecular flexibility index (Phi) is 2.77. The highest BCUT2D eigenvalue weighted by Gasteiger charge is 1.94. The highest BCUT2D eigenvalue weighted by molar-refractivity contribution is 6.44. The molecule has 1 rings (SSSR count). The molecular formula is C10H11ClO. The SMILES string of the molecule is C=C/C(C)=c1/cco/c1=C(/C)Cl. The van der Waals surface area contributed by atoms with Gasteiger partial charge in [0.05, 0.1) is 11.3 Å². The first kappa shape index (κ1) is 9.14. The van der Waals surface area contributed by atoms with Gasteiger partial charge in [0.25, 0.3) is 0 Å². The van der Waals surface area contributed by atoms with Gasteiger partial charge in [0.1, 0.15) is 5.42 Å². The fraction of sp³-hybridized carbons (Fsp3) is 0.200. The van der Waals surface area contributed by atoms with E-state index in [9.17, 15) is 0 Å². The maximum atomic E-state index is 5.83. The van der Waals surface area contributed by atoms with E-state index in [2.05, 4.69) is 6.58 Å². The number of rotatable bonds is 1. The van der Waals surface area contributed by atoms with E-state index >= 15 is 0 Å². The number of hydrogen-bond acceptors (Lipinski definition) is 1. The minimum Gasteiger partial charge on any atom is -0.463 e. The van der Waals surface area contributed by atoms with Gasteiger partial charge < -0.3 is 4.42 Å². The summed E-state index contributed by atoms with van der Waals surface area (Å²) in [5, 5.41) is 1.67. The molecule has 0 N–H and O–H groups in total. The molecule has 0 bridgehead atoms. The molecular weight excluding hydrogens is 172 g/mol. The fourth-order valence-electron chi connectivity index (χ4n) is 0.997. The largest absolute Gasteiger partial charge is 0.463 e. The summed E-state index contributed by atoms with van der Waals surface area (Å²) in [6, 6.07) is 1.89. The highest BCUT2D eigenvalue weighted by atomic mass is 35.5. The maximum Gasteiger partial charge on any atom is 0.148 e. The quantitative estimate of drug-likeness (QED) is 0.648. The van der Waals surface area contributed by atoms with Gasteiger partial charge in [0.15, 0.2) is 0 Å². The molecule has 0 unspecified atom stereocenters. The van der Waals surface area contributed by atoms with Crippen molar-refractivity contribution >= 4 is 22.2 Å². The Morgan fingerprint density at radius 3 is 2.75 bits per heavy atom. The van der Waals surface area contributed by atoms with E-state index in [-0.39, 0.29) is 0 Å². The van der Waals surface area contributed by atoms with Crippen LogP contribution >= 0.6 is 11.6 Å². The average molecular weight is 183 g/mol. The Hall–Kier alpha value is -0.950. The van der Waals surface area contributed by atoms with Gasteiger partial charge in [0, 0.05) is 5.22 Å². The molecule has 1 heterocycles. The molecule has 0 aliphatic carbocycles. The summed E-state index contributed by atoms with van der Waals surface area (Å²) in [6.07, 6.45) is 3.41. The van der Waals surface area contributed by atoms with Crippen LogP contribution < -0.4 is 10.6 Å². The Morgan fingerprint density at radius 2 is 2.25 bits per heavy atom. The van der Waals surface area contributed by atoms with E-state index in [0.717, 1.165) is 16.2 Å². The molecule has 2 heteroatoms. The first-order valence-electron chi connectivity index (χ1n) is 3.70. The molecule has 1 aromatic heterocycles. The smallest absolute Gasteiger partial charge is 0.148 e. The number of allylic oxidation sites excluding steroid dienone is 1. The molecule has 0 aliphatic heterocycles. The van der Waals surface area contributed by atoms with Crippen molar-refractivity contribution < 1.29 is 4.42 Å². The number of furan rings is 1. The van der Waals surface area contributed by atoms with Crippen molar-refractivity contribution in [1.29, 1.82) is 0 Å². The maximum absolute atomic E-state index is 5.83. The van der Waals surface area contributed by atoms with Crippen molar-refractivity contribution in [3.63, 3.8) is 0 Å². The zero-order valence-corrected chi connectivity index (χ0v) is 7.98. The molecule has 1 nitrogen and oxygen atoms in total. The summed E-state index contributed by atoms with van der Waals surface area (Å²) in [6.45, 7) is 7.47. The summed E-state index contributed by atoms with van der Waals surface area (Å²) in [7, 11) is 0. The zero-order valence-electron chi connectivity index (χ0n) is 7.23. The van der Waals surface area contributed by atoms with Crippen LogP contribution in [0.5, 0.6) is 0 Å². The van der Waals surface area contributed by atoms with Gasteiger partial charge in [-0.3, -0.25) is 0 Å². The van der Waals surface area contributed by atoms with Gasteiger partial charge in [0.2, 0.25) is 0 Å². The topological polar surface area (TPSA) is 13.1 Å². The fourth-order valence-corrected chi connectivity index (χ4v) is 1.14. The Morgan fingerprint density at radius 1 is 1.58 bits per heavy atom. The first-order chi connectivity index (χ1) is 5.66. The Labute approximate surface area is 76.6 Å². The lowest BCUT2D eigenvalue weighted by molar-refractivity contribution is 0.529. The molecule has 0 aromatic carbocycles. The lowest BCUT2D eigenvalue weighted by Crippen LogP contribution is -2.22. The second kappa shape index (κ2) is 3.63. The monoisotopic (exact) mass is 182 g/mol. The zero-order chi connectivity index (χ0) is 9.14. The van der Waals surface area contributed by atoms with E-state index in [1.54, 1.807) is 19.3 Å². The van der Waals surface area contributed by atoms with Crippen LogP contribution in [-0.2, 0) is 0 Å². The van der Waals surface area contributed by atoms with E-state index in [4.69, 9.17) is 16.0 Å². The molecule has 0 amide bonds. The normalized spacial score (nSPS) is 15.6. The third-order valence-electron chi connectivity index (χ3n) is 1.71. The Balaban J connectivity index is 3.68. The lowest BCUT2D eigenvalue weighted by Gasteiger charge is -1.86. The van der Waals surface area contributed by atoms with Gasteiger partial charge in [-0.25, -0.2) is 0 Å². The van der Waals surface area contributed by atoms with Gasteiger partial charge in [-0.2, -0.15) is 0 Å². The van der Waals surface area contributed by atoms with Crippen LogP contribution in [0.4, 0.5) is 0 Å². The van der Waals surface area contributed by atoms with Crippen LogP contribution in [0.1, 0.15) is 13.8 Å². The van der Waals surface area contributed by atoms with Crippen molar-refractivity contribution in [3.8, 4) is 0 Å². The summed E-state index contributed by atoms with van der Waals surface area (Å²) in [4.78, 5) is 0. The van der Waals surface area contributed by atoms with E-state index < -0.39 is 0 Å². The third-order valence-corrected chi connectivity index (χ3v) is 1.88. The van der Waals surface area contributed by atoms with Crippen LogP contribution in [0.2, 0.25) is 0 Å². The van der Waals surface area contributed by atoms with Crippen molar-refractivity contribution in [3.05, 3.63) is 35.6 Å². The van der Waals surface area contributed by atoms with Crippen LogP contribution in [0.25, 0.3) is 10.6 Å². The van der Waals surface area contributed by atoms with Crippen LogP contribution in [0.15, 0.2) is 29.4 Å².